The van der Waals surface area contributed by atoms with Gasteiger partial charge in [0.2, 0.25) is 0 Å². The molecule has 25 heavy (non-hydrogen) atoms. The number of hydrogen-bond donors (Lipinski definition) is 2. The number of nitrogens with one attached hydrogen (secondary N) is 2. The molecule has 3 rings (SSSR count). The zero-order chi connectivity index (χ0) is 18.0. The number of amides is 1. The highest BCUT2D eigenvalue weighted by Crippen LogP contribution is 2.20. The summed E-state index contributed by atoms with van der Waals surface area (Å²) < 4.78 is 23.1. The van der Waals surface area contributed by atoms with Gasteiger partial charge in [-0.05, 0) is 49.6 Å². The van der Waals surface area contributed by atoms with Gasteiger partial charge in [0.25, 0.3) is 5.91 Å². The fourth-order valence-electron chi connectivity index (χ4n) is 2.86. The molecule has 1 unspecified atom stereocenters. The first-order valence-electron chi connectivity index (χ1n) is 8.15. The van der Waals surface area contributed by atoms with E-state index in [1.165, 1.54) is 0 Å². The number of hydrogen-bond acceptors (Lipinski definition) is 5. The van der Waals surface area contributed by atoms with Crippen molar-refractivity contribution in [3.05, 3.63) is 53.3 Å². The lowest BCUT2D eigenvalue weighted by atomic mass is 10.1. The molecule has 1 aromatic carbocycles. The molecule has 2 aromatic rings. The maximum atomic E-state index is 12.5. The summed E-state index contributed by atoms with van der Waals surface area (Å²) in [6.07, 6.45) is 2.12. The Kier molecular flexibility index (Phi) is 4.76. The van der Waals surface area contributed by atoms with Crippen LogP contribution in [0.25, 0.3) is 0 Å². The van der Waals surface area contributed by atoms with Crippen LogP contribution in [0, 0.1) is 13.8 Å². The van der Waals surface area contributed by atoms with Crippen LogP contribution in [0.15, 0.2) is 36.5 Å². The number of aromatic nitrogens is 1. The molecular formula is C18H21N3O3S. The molecule has 0 saturated carbocycles. The van der Waals surface area contributed by atoms with Crippen LogP contribution in [0.3, 0.4) is 0 Å². The summed E-state index contributed by atoms with van der Waals surface area (Å²) in [4.78, 5) is 16.6. The number of anilines is 2. The molecule has 1 aromatic heterocycles. The van der Waals surface area contributed by atoms with Crippen molar-refractivity contribution in [2.75, 3.05) is 22.1 Å². The summed E-state index contributed by atoms with van der Waals surface area (Å²) in [5.74, 6) is 0.0334. The molecule has 1 atom stereocenters. The average Bonchev–Trinajstić information content (AvgIpc) is 2.90. The van der Waals surface area contributed by atoms with Gasteiger partial charge in [0.1, 0.15) is 5.69 Å². The number of rotatable bonds is 4. The molecule has 6 nitrogen and oxygen atoms in total. The molecule has 0 radical (unpaired) electrons. The first-order valence-corrected chi connectivity index (χ1v) is 9.97. The van der Waals surface area contributed by atoms with Crippen molar-refractivity contribution in [3.8, 4) is 0 Å². The van der Waals surface area contributed by atoms with Crippen molar-refractivity contribution in [2.24, 2.45) is 0 Å². The maximum absolute atomic E-state index is 12.5. The minimum absolute atomic E-state index is 0.123. The Bertz CT molecular complexity index is 910. The Hall–Kier alpha value is -2.41. The lowest BCUT2D eigenvalue weighted by Gasteiger charge is -2.13. The first kappa shape index (κ1) is 17.4. The van der Waals surface area contributed by atoms with E-state index in [0.717, 1.165) is 16.8 Å². The molecule has 0 aliphatic carbocycles. The van der Waals surface area contributed by atoms with Crippen LogP contribution in [-0.2, 0) is 9.84 Å². The number of carbonyl (C=O) groups excluding carboxylic acids is 1. The summed E-state index contributed by atoms with van der Waals surface area (Å²) in [5, 5.41) is 6.05. The molecule has 2 heterocycles. The van der Waals surface area contributed by atoms with Gasteiger partial charge >= 0.3 is 0 Å². The van der Waals surface area contributed by atoms with Gasteiger partial charge in [0.15, 0.2) is 9.84 Å². The van der Waals surface area contributed by atoms with Gasteiger partial charge in [0, 0.05) is 23.6 Å². The zero-order valence-electron chi connectivity index (χ0n) is 14.2. The Labute approximate surface area is 147 Å². The Morgan fingerprint density at radius 3 is 2.76 bits per heavy atom. The lowest BCUT2D eigenvalue weighted by molar-refractivity contribution is 0.102. The summed E-state index contributed by atoms with van der Waals surface area (Å²) >= 11 is 0. The van der Waals surface area contributed by atoms with Gasteiger partial charge in [0.05, 0.1) is 11.5 Å². The SMILES string of the molecule is Cc1cccc(NC(=O)c2cc(NC3CCS(=O)(=O)C3)ccn2)c1C. The van der Waals surface area contributed by atoms with Crippen molar-refractivity contribution in [1.29, 1.82) is 0 Å². The second-order valence-corrected chi connectivity index (χ2v) is 8.60. The second kappa shape index (κ2) is 6.84. The molecule has 1 saturated heterocycles. The third-order valence-corrected chi connectivity index (χ3v) is 6.22. The quantitative estimate of drug-likeness (QED) is 0.876. The molecular weight excluding hydrogens is 338 g/mol. The van der Waals surface area contributed by atoms with E-state index in [9.17, 15) is 13.2 Å². The Morgan fingerprint density at radius 2 is 2.04 bits per heavy atom. The number of aryl methyl sites for hydroxylation is 1. The van der Waals surface area contributed by atoms with Crippen LogP contribution in [-0.4, -0.2) is 36.9 Å². The van der Waals surface area contributed by atoms with Crippen LogP contribution < -0.4 is 10.6 Å². The standard InChI is InChI=1S/C18H21N3O3S/c1-12-4-3-5-16(13(12)2)21-18(22)17-10-14(6-8-19-17)20-15-7-9-25(23,24)11-15/h3-6,8,10,15H,7,9,11H2,1-2H3,(H,19,20)(H,21,22). The molecule has 0 bridgehead atoms. The summed E-state index contributed by atoms with van der Waals surface area (Å²) in [6, 6.07) is 8.99. The average molecular weight is 359 g/mol. The number of pyridine rings is 1. The summed E-state index contributed by atoms with van der Waals surface area (Å²) in [5.41, 5.74) is 3.85. The van der Waals surface area contributed by atoms with E-state index in [0.29, 0.717) is 12.1 Å². The van der Waals surface area contributed by atoms with E-state index in [2.05, 4.69) is 15.6 Å². The van der Waals surface area contributed by atoms with E-state index >= 15 is 0 Å². The fraction of sp³-hybridized carbons (Fsp3) is 0.333. The minimum Gasteiger partial charge on any atom is -0.381 e. The van der Waals surface area contributed by atoms with Crippen molar-refractivity contribution in [3.63, 3.8) is 0 Å². The highest BCUT2D eigenvalue weighted by molar-refractivity contribution is 7.91. The highest BCUT2D eigenvalue weighted by atomic mass is 32.2. The van der Waals surface area contributed by atoms with Crippen molar-refractivity contribution in [2.45, 2.75) is 26.3 Å². The normalized spacial score (nSPS) is 18.7. The van der Waals surface area contributed by atoms with E-state index in [4.69, 9.17) is 0 Å². The highest BCUT2D eigenvalue weighted by Gasteiger charge is 2.27. The molecule has 1 amide bonds. The number of benzene rings is 1. The maximum Gasteiger partial charge on any atom is 0.274 e. The van der Waals surface area contributed by atoms with Crippen LogP contribution in [0.1, 0.15) is 28.0 Å². The fourth-order valence-corrected chi connectivity index (χ4v) is 4.54. The van der Waals surface area contributed by atoms with Gasteiger partial charge in [-0.15, -0.1) is 0 Å². The molecule has 1 fully saturated rings. The molecule has 1 aliphatic rings. The van der Waals surface area contributed by atoms with Crippen molar-refractivity contribution in [1.82, 2.24) is 4.98 Å². The second-order valence-electron chi connectivity index (χ2n) is 6.38. The van der Waals surface area contributed by atoms with Crippen LogP contribution >= 0.6 is 0 Å². The van der Waals surface area contributed by atoms with Gasteiger partial charge < -0.3 is 10.6 Å². The third-order valence-electron chi connectivity index (χ3n) is 4.45. The van der Waals surface area contributed by atoms with E-state index in [1.54, 1.807) is 18.3 Å². The lowest BCUT2D eigenvalue weighted by Crippen LogP contribution is -2.21. The van der Waals surface area contributed by atoms with Gasteiger partial charge in [-0.25, -0.2) is 8.42 Å². The monoisotopic (exact) mass is 359 g/mol. The van der Waals surface area contributed by atoms with Gasteiger partial charge in [-0.2, -0.15) is 0 Å². The van der Waals surface area contributed by atoms with Gasteiger partial charge in [-0.3, -0.25) is 9.78 Å². The van der Waals surface area contributed by atoms with E-state index < -0.39 is 9.84 Å². The third kappa shape index (κ3) is 4.17. The predicted octanol–water partition coefficient (Wildman–Crippen LogP) is 2.55. The molecule has 0 spiro atoms. The zero-order valence-corrected chi connectivity index (χ0v) is 15.1. The van der Waals surface area contributed by atoms with E-state index in [-0.39, 0.29) is 29.1 Å². The van der Waals surface area contributed by atoms with Crippen molar-refractivity contribution < 1.29 is 13.2 Å². The van der Waals surface area contributed by atoms with Crippen LogP contribution in [0.4, 0.5) is 11.4 Å². The number of sulfone groups is 1. The van der Waals surface area contributed by atoms with Crippen LogP contribution in [0.5, 0.6) is 0 Å². The summed E-state index contributed by atoms with van der Waals surface area (Å²) in [6.45, 7) is 3.94. The number of nitrogens with zero attached hydrogens (tertiary/aromatic N) is 1. The number of carbonyl (C=O) groups is 1. The molecule has 1 aliphatic heterocycles. The summed E-state index contributed by atoms with van der Waals surface area (Å²) in [7, 11) is -2.95. The minimum atomic E-state index is -2.95. The van der Waals surface area contributed by atoms with Crippen molar-refractivity contribution >= 4 is 27.1 Å². The first-order chi connectivity index (χ1) is 11.8. The van der Waals surface area contributed by atoms with Crippen LogP contribution in [0.2, 0.25) is 0 Å². The molecule has 2 N–H and O–H groups in total. The predicted molar refractivity (Wildman–Crippen MR) is 98.8 cm³/mol. The molecule has 7 heteroatoms. The van der Waals surface area contributed by atoms with Gasteiger partial charge in [-0.1, -0.05) is 12.1 Å². The van der Waals surface area contributed by atoms with E-state index in [1.807, 2.05) is 32.0 Å². The largest absolute Gasteiger partial charge is 0.381 e. The molecule has 132 valence electrons. The smallest absolute Gasteiger partial charge is 0.274 e. The Morgan fingerprint density at radius 1 is 1.24 bits per heavy atom. The topological polar surface area (TPSA) is 88.2 Å². The Balaban J connectivity index is 1.72.